The SMILES string of the molecule is CC(C)CCN1C(=O)C(CC(=O)N2CCC3(CC2)CC(=O)c2ccccc2O3)SC1c1ccccc1N1CCN(C)CC1. The number of carbonyl (C=O) groups excluding carboxylic acids is 3. The molecule has 230 valence electrons. The second-order valence-corrected chi connectivity index (χ2v) is 14.3. The predicted octanol–water partition coefficient (Wildman–Crippen LogP) is 4.84. The van der Waals surface area contributed by atoms with Gasteiger partial charge in [-0.1, -0.05) is 44.2 Å². The first-order valence-corrected chi connectivity index (χ1v) is 16.7. The number of likely N-dealkylation sites (N-methyl/N-ethyl adjacent to an activating group) is 1. The average Bonchev–Trinajstić information content (AvgIpc) is 3.31. The van der Waals surface area contributed by atoms with Crippen molar-refractivity contribution >= 4 is 35.0 Å². The first-order chi connectivity index (χ1) is 20.7. The van der Waals surface area contributed by atoms with Crippen molar-refractivity contribution in [3.63, 3.8) is 0 Å². The van der Waals surface area contributed by atoms with E-state index < -0.39 is 10.9 Å². The van der Waals surface area contributed by atoms with Gasteiger partial charge in [0.1, 0.15) is 16.7 Å². The molecule has 2 aromatic rings. The minimum Gasteiger partial charge on any atom is -0.486 e. The number of amides is 2. The lowest BCUT2D eigenvalue weighted by molar-refractivity contribution is -0.138. The van der Waals surface area contributed by atoms with Crippen LogP contribution in [0.4, 0.5) is 5.69 Å². The molecule has 4 heterocycles. The van der Waals surface area contributed by atoms with Crippen molar-refractivity contribution < 1.29 is 19.1 Å². The number of piperidine rings is 1. The molecule has 0 aromatic heterocycles. The lowest BCUT2D eigenvalue weighted by Gasteiger charge is -2.44. The van der Waals surface area contributed by atoms with Crippen LogP contribution >= 0.6 is 11.8 Å². The summed E-state index contributed by atoms with van der Waals surface area (Å²) in [7, 11) is 2.16. The number of ether oxygens (including phenoxy) is 1. The summed E-state index contributed by atoms with van der Waals surface area (Å²) in [4.78, 5) is 49.1. The van der Waals surface area contributed by atoms with E-state index in [0.29, 0.717) is 56.1 Å². The van der Waals surface area contributed by atoms with Gasteiger partial charge in [-0.15, -0.1) is 11.8 Å². The Morgan fingerprint density at radius 3 is 2.42 bits per heavy atom. The van der Waals surface area contributed by atoms with Gasteiger partial charge in [-0.05, 0) is 37.6 Å². The van der Waals surface area contributed by atoms with Crippen LogP contribution in [-0.2, 0) is 9.59 Å². The Bertz CT molecular complexity index is 1350. The Morgan fingerprint density at radius 2 is 1.67 bits per heavy atom. The highest BCUT2D eigenvalue weighted by Gasteiger charge is 2.46. The van der Waals surface area contributed by atoms with E-state index in [1.807, 2.05) is 34.1 Å². The van der Waals surface area contributed by atoms with E-state index in [4.69, 9.17) is 4.74 Å². The maximum atomic E-state index is 13.9. The highest BCUT2D eigenvalue weighted by molar-refractivity contribution is 8.01. The van der Waals surface area contributed by atoms with Gasteiger partial charge in [0.25, 0.3) is 0 Å². The van der Waals surface area contributed by atoms with Crippen molar-refractivity contribution in [2.45, 2.75) is 62.2 Å². The third-order valence-corrected chi connectivity index (χ3v) is 11.0. The van der Waals surface area contributed by atoms with E-state index in [1.54, 1.807) is 11.8 Å². The van der Waals surface area contributed by atoms with Crippen molar-refractivity contribution in [2.24, 2.45) is 5.92 Å². The van der Waals surface area contributed by atoms with E-state index in [2.05, 4.69) is 55.0 Å². The fourth-order valence-electron chi connectivity index (χ4n) is 6.79. The topological polar surface area (TPSA) is 73.4 Å². The fraction of sp³-hybridized carbons (Fsp3) is 0.559. The quantitative estimate of drug-likeness (QED) is 0.448. The molecule has 4 aliphatic rings. The molecule has 1 spiro atoms. The van der Waals surface area contributed by atoms with Crippen LogP contribution in [0.1, 0.15) is 67.2 Å². The molecule has 0 aliphatic carbocycles. The second kappa shape index (κ2) is 12.5. The van der Waals surface area contributed by atoms with E-state index in [0.717, 1.165) is 32.6 Å². The van der Waals surface area contributed by atoms with Gasteiger partial charge >= 0.3 is 0 Å². The Labute approximate surface area is 259 Å². The smallest absolute Gasteiger partial charge is 0.237 e. The number of thioether (sulfide) groups is 1. The highest BCUT2D eigenvalue weighted by atomic mass is 32.2. The number of carbonyl (C=O) groups is 3. The lowest BCUT2D eigenvalue weighted by Crippen LogP contribution is -2.52. The molecule has 2 amide bonds. The highest BCUT2D eigenvalue weighted by Crippen LogP contribution is 2.48. The van der Waals surface area contributed by atoms with Gasteiger partial charge in [-0.2, -0.15) is 0 Å². The zero-order chi connectivity index (χ0) is 30.1. The fourth-order valence-corrected chi connectivity index (χ4v) is 8.30. The maximum Gasteiger partial charge on any atom is 0.237 e. The number of para-hydroxylation sites is 2. The summed E-state index contributed by atoms with van der Waals surface area (Å²) >= 11 is 1.64. The monoisotopic (exact) mass is 604 g/mol. The molecular formula is C34H44N4O4S. The van der Waals surface area contributed by atoms with Crippen molar-refractivity contribution in [3.8, 4) is 5.75 Å². The number of likely N-dealkylation sites (tertiary alicyclic amines) is 1. The van der Waals surface area contributed by atoms with Gasteiger partial charge < -0.3 is 24.3 Å². The Morgan fingerprint density at radius 1 is 0.977 bits per heavy atom. The Balaban J connectivity index is 1.14. The normalized spacial score (nSPS) is 24.0. The van der Waals surface area contributed by atoms with Crippen LogP contribution < -0.4 is 9.64 Å². The van der Waals surface area contributed by atoms with Crippen LogP contribution in [0.3, 0.4) is 0 Å². The number of nitrogens with zero attached hydrogens (tertiary/aromatic N) is 4. The van der Waals surface area contributed by atoms with Crippen molar-refractivity contribution in [2.75, 3.05) is 57.8 Å². The zero-order valence-corrected chi connectivity index (χ0v) is 26.5. The molecular weight excluding hydrogens is 560 g/mol. The largest absolute Gasteiger partial charge is 0.486 e. The average molecular weight is 605 g/mol. The molecule has 0 bridgehead atoms. The molecule has 8 nitrogen and oxygen atoms in total. The van der Waals surface area contributed by atoms with Crippen LogP contribution in [0.25, 0.3) is 0 Å². The van der Waals surface area contributed by atoms with Crippen LogP contribution in [0.15, 0.2) is 48.5 Å². The Hall–Kier alpha value is -3.04. The van der Waals surface area contributed by atoms with Crippen molar-refractivity contribution in [1.29, 1.82) is 0 Å². The number of benzene rings is 2. The molecule has 3 saturated heterocycles. The van der Waals surface area contributed by atoms with Gasteiger partial charge in [0, 0.05) is 76.3 Å². The number of piperazine rings is 1. The van der Waals surface area contributed by atoms with E-state index in [9.17, 15) is 14.4 Å². The standard InChI is InChI=1S/C34H44N4O4S/c1-24(2)12-15-38-32(41)30(43-33(38)25-8-4-6-10-27(25)36-20-18-35(3)19-21-36)22-31(40)37-16-13-34(14-17-37)23-28(39)26-9-5-7-11-29(26)42-34/h4-11,24,30,33H,12-23H2,1-3H3. The predicted molar refractivity (Wildman–Crippen MR) is 171 cm³/mol. The van der Waals surface area contributed by atoms with Gasteiger partial charge in [-0.3, -0.25) is 14.4 Å². The number of anilines is 1. The summed E-state index contributed by atoms with van der Waals surface area (Å²) in [5, 5.41) is -0.508. The minimum absolute atomic E-state index is 0.0139. The lowest BCUT2D eigenvalue weighted by atomic mass is 9.82. The summed E-state index contributed by atoms with van der Waals surface area (Å²) in [5.74, 6) is 1.33. The molecule has 3 fully saturated rings. The number of hydrogen-bond acceptors (Lipinski definition) is 7. The number of hydrogen-bond donors (Lipinski definition) is 0. The van der Waals surface area contributed by atoms with Crippen LogP contribution in [0.2, 0.25) is 0 Å². The van der Waals surface area contributed by atoms with Crippen LogP contribution in [-0.4, -0.2) is 96.0 Å². The summed E-state index contributed by atoms with van der Waals surface area (Å²) < 4.78 is 6.37. The molecule has 0 radical (unpaired) electrons. The van der Waals surface area contributed by atoms with E-state index >= 15 is 0 Å². The van der Waals surface area contributed by atoms with Gasteiger partial charge in [0.05, 0.1) is 17.2 Å². The summed E-state index contributed by atoms with van der Waals surface area (Å²) in [6, 6.07) is 15.9. The number of rotatable bonds is 7. The minimum atomic E-state index is -0.550. The van der Waals surface area contributed by atoms with E-state index in [1.165, 1.54) is 11.3 Å². The number of Topliss-reactive ketones (excluding diaryl/α,β-unsaturated/α-hetero) is 1. The van der Waals surface area contributed by atoms with Crippen LogP contribution in [0.5, 0.6) is 5.75 Å². The second-order valence-electron chi connectivity index (χ2n) is 13.0. The summed E-state index contributed by atoms with van der Waals surface area (Å²) in [6.45, 7) is 10.1. The number of fused-ring (bicyclic) bond motifs is 1. The Kier molecular flexibility index (Phi) is 8.74. The first kappa shape index (κ1) is 30.0. The molecule has 0 saturated carbocycles. The zero-order valence-electron chi connectivity index (χ0n) is 25.7. The molecule has 0 N–H and O–H groups in total. The first-order valence-electron chi connectivity index (χ1n) is 15.8. The third-order valence-electron chi connectivity index (χ3n) is 9.51. The molecule has 2 unspecified atom stereocenters. The number of ketones is 1. The molecule has 43 heavy (non-hydrogen) atoms. The van der Waals surface area contributed by atoms with E-state index in [-0.39, 0.29) is 29.4 Å². The molecule has 4 aliphatic heterocycles. The van der Waals surface area contributed by atoms with Gasteiger partial charge in [0.2, 0.25) is 11.8 Å². The van der Waals surface area contributed by atoms with Crippen molar-refractivity contribution in [3.05, 3.63) is 59.7 Å². The maximum absolute atomic E-state index is 13.9. The van der Waals surface area contributed by atoms with Crippen molar-refractivity contribution in [1.82, 2.24) is 14.7 Å². The van der Waals surface area contributed by atoms with Crippen LogP contribution in [0, 0.1) is 5.92 Å². The van der Waals surface area contributed by atoms with Gasteiger partial charge in [-0.25, -0.2) is 0 Å². The summed E-state index contributed by atoms with van der Waals surface area (Å²) in [5.41, 5.74) is 2.47. The third kappa shape index (κ3) is 6.29. The van der Waals surface area contributed by atoms with Gasteiger partial charge in [0.15, 0.2) is 5.78 Å². The molecule has 2 aromatic carbocycles. The summed E-state index contributed by atoms with van der Waals surface area (Å²) in [6.07, 6.45) is 2.71. The molecule has 6 rings (SSSR count). The molecule has 2 atom stereocenters. The molecule has 9 heteroatoms.